The van der Waals surface area contributed by atoms with Crippen molar-refractivity contribution in [2.45, 2.75) is 31.8 Å². The van der Waals surface area contributed by atoms with Gasteiger partial charge in [-0.05, 0) is 19.8 Å². The molecule has 1 aliphatic rings. The van der Waals surface area contributed by atoms with E-state index in [1.165, 1.54) is 4.90 Å². The molecule has 1 heterocycles. The number of methoxy groups -OCH3 is 1. The average Bonchev–Trinajstić information content (AvgIpc) is 2.65. The first-order valence-corrected chi connectivity index (χ1v) is 5.35. The fourth-order valence-corrected chi connectivity index (χ4v) is 1.85. The molecule has 2 atom stereocenters. The Morgan fingerprint density at radius 3 is 2.88 bits per heavy atom. The third-order valence-electron chi connectivity index (χ3n) is 2.59. The van der Waals surface area contributed by atoms with Crippen LogP contribution >= 0.6 is 0 Å². The largest absolute Gasteiger partial charge is 0.480 e. The number of hydrogen-bond acceptors (Lipinski definition) is 3. The van der Waals surface area contributed by atoms with Crippen LogP contribution in [0.3, 0.4) is 0 Å². The van der Waals surface area contributed by atoms with Gasteiger partial charge in [0.25, 0.3) is 0 Å². The summed E-state index contributed by atoms with van der Waals surface area (Å²) in [6.45, 7) is 2.73. The number of ether oxygens (including phenoxy) is 1. The number of likely N-dealkylation sites (tertiary alicyclic amines) is 1. The van der Waals surface area contributed by atoms with E-state index < -0.39 is 12.0 Å². The Hall–Kier alpha value is -1.30. The molecule has 6 nitrogen and oxygen atoms in total. The molecular weight excluding hydrogens is 212 g/mol. The highest BCUT2D eigenvalue weighted by Gasteiger charge is 2.34. The highest BCUT2D eigenvalue weighted by atomic mass is 16.5. The maximum Gasteiger partial charge on any atom is 0.326 e. The number of nitrogens with one attached hydrogen (secondary N) is 1. The number of carbonyl (C=O) groups is 2. The van der Waals surface area contributed by atoms with E-state index >= 15 is 0 Å². The Bertz CT molecular complexity index is 270. The minimum absolute atomic E-state index is 0.118. The Morgan fingerprint density at radius 2 is 2.31 bits per heavy atom. The smallest absolute Gasteiger partial charge is 0.326 e. The van der Waals surface area contributed by atoms with Gasteiger partial charge in [0.15, 0.2) is 0 Å². The molecule has 0 saturated carbocycles. The molecule has 2 N–H and O–H groups in total. The van der Waals surface area contributed by atoms with Crippen LogP contribution in [0.1, 0.15) is 19.8 Å². The standard InChI is InChI=1S/C10H18N2O4/c1-7(6-16-2)11-10(15)12-5-3-4-8(12)9(13)14/h7-8H,3-6H2,1-2H3,(H,11,15)(H,13,14). The second kappa shape index (κ2) is 5.69. The molecule has 0 aromatic carbocycles. The predicted octanol–water partition coefficient (Wildman–Crippen LogP) is 0.280. The van der Waals surface area contributed by atoms with Gasteiger partial charge in [0.1, 0.15) is 6.04 Å². The first-order valence-electron chi connectivity index (χ1n) is 5.35. The lowest BCUT2D eigenvalue weighted by molar-refractivity contribution is -0.141. The summed E-state index contributed by atoms with van der Waals surface area (Å²) in [5.41, 5.74) is 0. The van der Waals surface area contributed by atoms with Gasteiger partial charge in [-0.3, -0.25) is 0 Å². The van der Waals surface area contributed by atoms with E-state index in [-0.39, 0.29) is 12.1 Å². The van der Waals surface area contributed by atoms with Crippen LogP contribution < -0.4 is 5.32 Å². The van der Waals surface area contributed by atoms with Crippen molar-refractivity contribution in [1.82, 2.24) is 10.2 Å². The van der Waals surface area contributed by atoms with E-state index in [9.17, 15) is 9.59 Å². The monoisotopic (exact) mass is 230 g/mol. The molecule has 2 unspecified atom stereocenters. The zero-order valence-corrected chi connectivity index (χ0v) is 9.60. The average molecular weight is 230 g/mol. The fourth-order valence-electron chi connectivity index (χ4n) is 1.85. The third kappa shape index (κ3) is 3.10. The topological polar surface area (TPSA) is 78.9 Å². The first kappa shape index (κ1) is 12.8. The van der Waals surface area contributed by atoms with Gasteiger partial charge in [0, 0.05) is 13.7 Å². The van der Waals surface area contributed by atoms with Gasteiger partial charge in [0.05, 0.1) is 12.6 Å². The van der Waals surface area contributed by atoms with Crippen molar-refractivity contribution in [2.24, 2.45) is 0 Å². The number of rotatable bonds is 4. The Balaban J connectivity index is 2.49. The molecule has 1 rings (SSSR count). The van der Waals surface area contributed by atoms with E-state index in [1.54, 1.807) is 7.11 Å². The lowest BCUT2D eigenvalue weighted by Gasteiger charge is -2.24. The zero-order valence-electron chi connectivity index (χ0n) is 9.60. The highest BCUT2D eigenvalue weighted by molar-refractivity contribution is 5.83. The number of urea groups is 1. The summed E-state index contributed by atoms with van der Waals surface area (Å²) < 4.78 is 4.89. The molecule has 1 saturated heterocycles. The third-order valence-corrected chi connectivity index (χ3v) is 2.59. The van der Waals surface area contributed by atoms with E-state index in [1.807, 2.05) is 6.92 Å². The molecule has 0 spiro atoms. The molecular formula is C10H18N2O4. The van der Waals surface area contributed by atoms with Gasteiger partial charge in [-0.15, -0.1) is 0 Å². The molecule has 2 amide bonds. The van der Waals surface area contributed by atoms with Crippen molar-refractivity contribution in [1.29, 1.82) is 0 Å². The number of hydrogen-bond donors (Lipinski definition) is 2. The number of carbonyl (C=O) groups excluding carboxylic acids is 1. The van der Waals surface area contributed by atoms with Gasteiger partial charge in [-0.25, -0.2) is 9.59 Å². The molecule has 0 aromatic heterocycles. The van der Waals surface area contributed by atoms with Crippen LogP contribution in [-0.4, -0.2) is 54.4 Å². The maximum absolute atomic E-state index is 11.7. The van der Waals surface area contributed by atoms with Crippen LogP contribution in [0.15, 0.2) is 0 Å². The molecule has 0 aliphatic carbocycles. The Kier molecular flexibility index (Phi) is 4.54. The minimum Gasteiger partial charge on any atom is -0.480 e. The summed E-state index contributed by atoms with van der Waals surface area (Å²) in [4.78, 5) is 24.0. The molecule has 6 heteroatoms. The SMILES string of the molecule is COCC(C)NC(=O)N1CCCC1C(=O)O. The van der Waals surface area contributed by atoms with Gasteiger partial charge >= 0.3 is 12.0 Å². The van der Waals surface area contributed by atoms with Crippen molar-refractivity contribution in [3.63, 3.8) is 0 Å². The summed E-state index contributed by atoms with van der Waals surface area (Å²) in [5.74, 6) is -0.938. The van der Waals surface area contributed by atoms with Crippen LogP contribution in [0.5, 0.6) is 0 Å². The summed E-state index contributed by atoms with van der Waals surface area (Å²) in [7, 11) is 1.55. The zero-order chi connectivity index (χ0) is 12.1. The second-order valence-corrected chi connectivity index (χ2v) is 4.00. The van der Waals surface area contributed by atoms with Gasteiger partial charge in [-0.2, -0.15) is 0 Å². The summed E-state index contributed by atoms with van der Waals surface area (Å²) in [5, 5.41) is 11.6. The number of carboxylic acid groups (broad SMARTS) is 1. The Labute approximate surface area is 94.6 Å². The van der Waals surface area contributed by atoms with Crippen LogP contribution in [0, 0.1) is 0 Å². The molecule has 1 aliphatic heterocycles. The number of aliphatic carboxylic acids is 1. The molecule has 0 bridgehead atoms. The predicted molar refractivity (Wildman–Crippen MR) is 57.2 cm³/mol. The fraction of sp³-hybridized carbons (Fsp3) is 0.800. The van der Waals surface area contributed by atoms with Crippen molar-refractivity contribution in [3.8, 4) is 0 Å². The second-order valence-electron chi connectivity index (χ2n) is 4.00. The van der Waals surface area contributed by atoms with Crippen LogP contribution in [-0.2, 0) is 9.53 Å². The number of amides is 2. The van der Waals surface area contributed by atoms with Gasteiger partial charge < -0.3 is 20.1 Å². The van der Waals surface area contributed by atoms with E-state index in [0.29, 0.717) is 19.6 Å². The lowest BCUT2D eigenvalue weighted by atomic mass is 10.2. The normalized spacial score (nSPS) is 21.9. The van der Waals surface area contributed by atoms with Crippen molar-refractivity contribution in [3.05, 3.63) is 0 Å². The summed E-state index contributed by atoms with van der Waals surface area (Å²) in [6, 6.07) is -1.13. The highest BCUT2D eigenvalue weighted by Crippen LogP contribution is 2.17. The van der Waals surface area contributed by atoms with Crippen LogP contribution in [0.25, 0.3) is 0 Å². The molecule has 92 valence electrons. The van der Waals surface area contributed by atoms with E-state index in [0.717, 1.165) is 6.42 Å². The quantitative estimate of drug-likeness (QED) is 0.727. The van der Waals surface area contributed by atoms with Crippen molar-refractivity contribution < 1.29 is 19.4 Å². The molecule has 1 fully saturated rings. The van der Waals surface area contributed by atoms with Crippen LogP contribution in [0.4, 0.5) is 4.79 Å². The molecule has 0 radical (unpaired) electrons. The minimum atomic E-state index is -0.938. The number of carboxylic acids is 1. The van der Waals surface area contributed by atoms with Gasteiger partial charge in [0.2, 0.25) is 0 Å². The molecule has 0 aromatic rings. The van der Waals surface area contributed by atoms with E-state index in [4.69, 9.17) is 9.84 Å². The van der Waals surface area contributed by atoms with Gasteiger partial charge in [-0.1, -0.05) is 0 Å². The molecule has 16 heavy (non-hydrogen) atoms. The summed E-state index contributed by atoms with van der Waals surface area (Å²) >= 11 is 0. The summed E-state index contributed by atoms with van der Waals surface area (Å²) in [6.07, 6.45) is 1.27. The lowest BCUT2D eigenvalue weighted by Crippen LogP contribution is -2.49. The van der Waals surface area contributed by atoms with Crippen molar-refractivity contribution in [2.75, 3.05) is 20.3 Å². The van der Waals surface area contributed by atoms with Crippen molar-refractivity contribution >= 4 is 12.0 Å². The number of nitrogens with zero attached hydrogens (tertiary/aromatic N) is 1. The Morgan fingerprint density at radius 1 is 1.62 bits per heavy atom. The first-order chi connectivity index (χ1) is 7.56. The van der Waals surface area contributed by atoms with Crippen LogP contribution in [0.2, 0.25) is 0 Å². The maximum atomic E-state index is 11.7. The van der Waals surface area contributed by atoms with E-state index in [2.05, 4.69) is 5.32 Å².